The van der Waals surface area contributed by atoms with Crippen molar-refractivity contribution < 1.29 is 18.8 Å². The van der Waals surface area contributed by atoms with Gasteiger partial charge in [-0.05, 0) is 25.2 Å². The van der Waals surface area contributed by atoms with Crippen molar-refractivity contribution >= 4 is 17.3 Å². The van der Waals surface area contributed by atoms with Gasteiger partial charge in [0.1, 0.15) is 18.2 Å². The summed E-state index contributed by atoms with van der Waals surface area (Å²) in [5.74, 6) is -0.126. The molecule has 0 saturated heterocycles. The van der Waals surface area contributed by atoms with Gasteiger partial charge in [-0.1, -0.05) is 12.1 Å². The monoisotopic (exact) mass is 361 g/mol. The van der Waals surface area contributed by atoms with Crippen molar-refractivity contribution in [3.8, 4) is 5.75 Å². The van der Waals surface area contributed by atoms with E-state index in [1.807, 2.05) is 11.9 Å². The number of nitrogens with one attached hydrogen (secondary N) is 1. The predicted molar refractivity (Wildman–Crippen MR) is 95.7 cm³/mol. The maximum absolute atomic E-state index is 13.0. The third-order valence-electron chi connectivity index (χ3n) is 3.60. The average Bonchev–Trinajstić information content (AvgIpc) is 2.60. The van der Waals surface area contributed by atoms with Gasteiger partial charge in [-0.25, -0.2) is 4.39 Å². The molecule has 0 bridgehead atoms. The van der Waals surface area contributed by atoms with Gasteiger partial charge in [-0.3, -0.25) is 14.9 Å². The van der Waals surface area contributed by atoms with Crippen LogP contribution in [-0.2, 0) is 4.79 Å². The lowest BCUT2D eigenvalue weighted by molar-refractivity contribution is -0.384. The molecule has 0 spiro atoms. The maximum Gasteiger partial charge on any atom is 0.271 e. The van der Waals surface area contributed by atoms with Gasteiger partial charge in [0.15, 0.2) is 0 Å². The number of halogens is 1. The number of hydrogen-bond acceptors (Lipinski definition) is 5. The first-order valence-corrected chi connectivity index (χ1v) is 8.05. The number of carbonyl (C=O) groups excluding carboxylic acids is 1. The first-order chi connectivity index (χ1) is 12.4. The number of rotatable bonds is 9. The van der Waals surface area contributed by atoms with Crippen molar-refractivity contribution in [1.82, 2.24) is 4.90 Å². The highest BCUT2D eigenvalue weighted by Gasteiger charge is 2.09. The number of likely N-dealkylation sites (N-methyl/N-ethyl adjacent to an activating group) is 1. The van der Waals surface area contributed by atoms with Crippen LogP contribution in [-0.4, -0.2) is 42.5 Å². The highest BCUT2D eigenvalue weighted by molar-refractivity contribution is 5.91. The Kier molecular flexibility index (Phi) is 7.04. The Bertz CT molecular complexity index is 770. The summed E-state index contributed by atoms with van der Waals surface area (Å²) in [6.45, 7) is 1.43. The molecule has 0 heterocycles. The molecular formula is C18H20FN3O4. The number of nitrogens with zero attached hydrogens (tertiary/aromatic N) is 2. The normalized spacial score (nSPS) is 10.6. The summed E-state index contributed by atoms with van der Waals surface area (Å²) >= 11 is 0. The van der Waals surface area contributed by atoms with Gasteiger partial charge in [0, 0.05) is 43.4 Å². The molecule has 0 aliphatic carbocycles. The van der Waals surface area contributed by atoms with E-state index in [2.05, 4.69) is 5.32 Å². The van der Waals surface area contributed by atoms with Crippen molar-refractivity contribution in [2.24, 2.45) is 0 Å². The summed E-state index contributed by atoms with van der Waals surface area (Å²) in [5, 5.41) is 13.4. The van der Waals surface area contributed by atoms with E-state index in [0.717, 1.165) is 0 Å². The number of anilines is 1. The molecule has 0 aromatic heterocycles. The van der Waals surface area contributed by atoms with Crippen LogP contribution in [0.2, 0.25) is 0 Å². The van der Waals surface area contributed by atoms with Crippen LogP contribution in [0, 0.1) is 15.9 Å². The highest BCUT2D eigenvalue weighted by atomic mass is 19.1. The predicted octanol–water partition coefficient (Wildman–Crippen LogP) is 3.07. The van der Waals surface area contributed by atoms with Gasteiger partial charge in [0.05, 0.1) is 4.92 Å². The third kappa shape index (κ3) is 6.48. The summed E-state index contributed by atoms with van der Waals surface area (Å²) in [4.78, 5) is 24.1. The van der Waals surface area contributed by atoms with E-state index >= 15 is 0 Å². The first kappa shape index (κ1) is 19.3. The number of benzene rings is 2. The largest absolute Gasteiger partial charge is 0.492 e. The lowest BCUT2D eigenvalue weighted by Crippen LogP contribution is -2.28. The summed E-state index contributed by atoms with van der Waals surface area (Å²) in [5.41, 5.74) is 0.315. The van der Waals surface area contributed by atoms with Crippen molar-refractivity contribution in [1.29, 1.82) is 0 Å². The van der Waals surface area contributed by atoms with Crippen LogP contribution in [0.4, 0.5) is 15.8 Å². The average molecular weight is 361 g/mol. The van der Waals surface area contributed by atoms with E-state index < -0.39 is 4.92 Å². The first-order valence-electron chi connectivity index (χ1n) is 8.05. The number of nitro benzene ring substituents is 1. The van der Waals surface area contributed by atoms with Crippen LogP contribution in [0.25, 0.3) is 0 Å². The lowest BCUT2D eigenvalue weighted by Gasteiger charge is -2.16. The van der Waals surface area contributed by atoms with Crippen LogP contribution < -0.4 is 10.1 Å². The molecule has 0 unspecified atom stereocenters. The molecule has 0 saturated carbocycles. The van der Waals surface area contributed by atoms with Crippen molar-refractivity contribution in [2.45, 2.75) is 6.42 Å². The second kappa shape index (κ2) is 9.47. The Morgan fingerprint density at radius 1 is 1.23 bits per heavy atom. The molecule has 1 amide bonds. The second-order valence-corrected chi connectivity index (χ2v) is 5.71. The molecule has 0 atom stereocenters. The standard InChI is InChI=1S/C18H20FN3O4/c1-21(10-11-26-17-7-2-4-14(19)12-17)9-8-18(23)20-15-5-3-6-16(13-15)22(24)25/h2-7,12-13H,8-11H2,1H3,(H,20,23). The number of ether oxygens (including phenoxy) is 1. The molecule has 1 N–H and O–H groups in total. The zero-order valence-corrected chi connectivity index (χ0v) is 14.4. The van der Waals surface area contributed by atoms with Gasteiger partial charge in [-0.15, -0.1) is 0 Å². The summed E-state index contributed by atoms with van der Waals surface area (Å²) in [6.07, 6.45) is 0.235. The second-order valence-electron chi connectivity index (χ2n) is 5.71. The van der Waals surface area contributed by atoms with E-state index in [1.165, 1.54) is 30.3 Å². The lowest BCUT2D eigenvalue weighted by atomic mass is 10.2. The molecule has 138 valence electrons. The van der Waals surface area contributed by atoms with Gasteiger partial charge in [0.2, 0.25) is 5.91 Å². The molecule has 2 rings (SSSR count). The van der Waals surface area contributed by atoms with Gasteiger partial charge >= 0.3 is 0 Å². The van der Waals surface area contributed by atoms with E-state index in [-0.39, 0.29) is 23.8 Å². The molecular weight excluding hydrogens is 341 g/mol. The zero-order valence-electron chi connectivity index (χ0n) is 14.4. The number of non-ortho nitro benzene ring substituents is 1. The van der Waals surface area contributed by atoms with Gasteiger partial charge in [0.25, 0.3) is 5.69 Å². The molecule has 8 heteroatoms. The maximum atomic E-state index is 13.0. The van der Waals surface area contributed by atoms with Gasteiger partial charge in [-0.2, -0.15) is 0 Å². The van der Waals surface area contributed by atoms with E-state index in [0.29, 0.717) is 31.1 Å². The Morgan fingerprint density at radius 2 is 2.00 bits per heavy atom. The van der Waals surface area contributed by atoms with E-state index in [9.17, 15) is 19.3 Å². The van der Waals surface area contributed by atoms with E-state index in [4.69, 9.17) is 4.74 Å². The zero-order chi connectivity index (χ0) is 18.9. The van der Waals surface area contributed by atoms with Gasteiger partial charge < -0.3 is 15.0 Å². The van der Waals surface area contributed by atoms with Crippen LogP contribution in [0.3, 0.4) is 0 Å². The summed E-state index contributed by atoms with van der Waals surface area (Å²) < 4.78 is 18.5. The van der Waals surface area contributed by atoms with Crippen molar-refractivity contribution in [3.63, 3.8) is 0 Å². The Hall–Kier alpha value is -3.00. The summed E-state index contributed by atoms with van der Waals surface area (Å²) in [6, 6.07) is 11.7. The fourth-order valence-corrected chi connectivity index (χ4v) is 2.20. The molecule has 0 aliphatic heterocycles. The minimum absolute atomic E-state index is 0.0746. The Balaban J connectivity index is 1.69. The van der Waals surface area contributed by atoms with Crippen LogP contribution in [0.1, 0.15) is 6.42 Å². The minimum atomic E-state index is -0.512. The Labute approximate surface area is 150 Å². The highest BCUT2D eigenvalue weighted by Crippen LogP contribution is 2.17. The van der Waals surface area contributed by atoms with Crippen molar-refractivity contribution in [3.05, 3.63) is 64.5 Å². The molecule has 7 nitrogen and oxygen atoms in total. The SMILES string of the molecule is CN(CCOc1cccc(F)c1)CCC(=O)Nc1cccc([N+](=O)[O-])c1. The van der Waals surface area contributed by atoms with Crippen LogP contribution in [0.5, 0.6) is 5.75 Å². The molecule has 2 aromatic rings. The van der Waals surface area contributed by atoms with Crippen LogP contribution >= 0.6 is 0 Å². The number of nitro groups is 1. The molecule has 2 aromatic carbocycles. The fourth-order valence-electron chi connectivity index (χ4n) is 2.20. The van der Waals surface area contributed by atoms with Crippen molar-refractivity contribution in [2.75, 3.05) is 32.1 Å². The minimum Gasteiger partial charge on any atom is -0.492 e. The molecule has 0 aliphatic rings. The number of hydrogen-bond donors (Lipinski definition) is 1. The number of amides is 1. The smallest absolute Gasteiger partial charge is 0.271 e. The number of carbonyl (C=O) groups is 1. The quantitative estimate of drug-likeness (QED) is 0.548. The molecule has 0 radical (unpaired) electrons. The summed E-state index contributed by atoms with van der Waals surface area (Å²) in [7, 11) is 1.84. The Morgan fingerprint density at radius 3 is 2.73 bits per heavy atom. The fraction of sp³-hybridized carbons (Fsp3) is 0.278. The third-order valence-corrected chi connectivity index (χ3v) is 3.60. The molecule has 26 heavy (non-hydrogen) atoms. The van der Waals surface area contributed by atoms with E-state index in [1.54, 1.807) is 18.2 Å². The molecule has 0 fully saturated rings. The topological polar surface area (TPSA) is 84.7 Å². The van der Waals surface area contributed by atoms with Crippen LogP contribution in [0.15, 0.2) is 48.5 Å².